The molecule has 4 heteroatoms. The van der Waals surface area contributed by atoms with Gasteiger partial charge in [-0.2, -0.15) is 0 Å². The smallest absolute Gasteiger partial charge is 0.235 e. The zero-order valence-electron chi connectivity index (χ0n) is 13.7. The lowest BCUT2D eigenvalue weighted by Gasteiger charge is -2.35. The van der Waals surface area contributed by atoms with E-state index in [2.05, 4.69) is 0 Å². The maximum absolute atomic E-state index is 13.7. The van der Waals surface area contributed by atoms with Crippen LogP contribution >= 0.6 is 7.37 Å². The summed E-state index contributed by atoms with van der Waals surface area (Å²) in [6, 6.07) is 13.8. The van der Waals surface area contributed by atoms with Gasteiger partial charge < -0.3 is 9.63 Å². The Morgan fingerprint density at radius 2 is 1.78 bits per heavy atom. The first-order valence-corrected chi connectivity index (χ1v) is 10.3. The molecule has 1 aliphatic carbocycles. The second-order valence-electron chi connectivity index (χ2n) is 6.53. The van der Waals surface area contributed by atoms with Crippen LogP contribution in [0.3, 0.4) is 0 Å². The summed E-state index contributed by atoms with van der Waals surface area (Å²) in [6.07, 6.45) is 4.80. The SMILES string of the molecule is CCOP(=O)(CC1(O)CCCCC1)c1cccc2ccccc12. The van der Waals surface area contributed by atoms with E-state index in [1.165, 1.54) is 0 Å². The predicted octanol–water partition coefficient (Wildman–Crippen LogP) is 4.47. The van der Waals surface area contributed by atoms with Crippen molar-refractivity contribution >= 4 is 23.4 Å². The molecule has 0 aromatic heterocycles. The Bertz CT molecular complexity index is 714. The third-order valence-electron chi connectivity index (χ3n) is 4.76. The molecule has 1 aliphatic rings. The lowest BCUT2D eigenvalue weighted by molar-refractivity contribution is 0.0234. The number of fused-ring (bicyclic) bond motifs is 1. The summed E-state index contributed by atoms with van der Waals surface area (Å²) in [5.74, 6) is 0. The Morgan fingerprint density at radius 3 is 2.52 bits per heavy atom. The van der Waals surface area contributed by atoms with Gasteiger partial charge in [0.15, 0.2) is 0 Å². The van der Waals surface area contributed by atoms with Crippen molar-refractivity contribution in [2.75, 3.05) is 12.8 Å². The van der Waals surface area contributed by atoms with Gasteiger partial charge in [0.2, 0.25) is 7.37 Å². The zero-order valence-corrected chi connectivity index (χ0v) is 14.6. The van der Waals surface area contributed by atoms with Gasteiger partial charge in [0.05, 0.1) is 18.4 Å². The van der Waals surface area contributed by atoms with Crippen LogP contribution in [0.5, 0.6) is 0 Å². The standard InChI is InChI=1S/C19H25O3P/c1-2-22-23(21,15-19(20)13-6-3-7-14-19)18-12-8-10-16-9-4-5-11-17(16)18/h4-5,8-12,20H,2-3,6-7,13-15H2,1H3. The van der Waals surface area contributed by atoms with Gasteiger partial charge in [0, 0.05) is 5.30 Å². The maximum Gasteiger partial charge on any atom is 0.235 e. The van der Waals surface area contributed by atoms with Crippen LogP contribution in [0.2, 0.25) is 0 Å². The Kier molecular flexibility index (Phi) is 4.91. The van der Waals surface area contributed by atoms with E-state index in [0.717, 1.165) is 48.2 Å². The van der Waals surface area contributed by atoms with E-state index in [4.69, 9.17) is 4.52 Å². The molecule has 0 spiro atoms. The van der Waals surface area contributed by atoms with E-state index >= 15 is 0 Å². The molecule has 3 rings (SSSR count). The third kappa shape index (κ3) is 3.52. The number of rotatable bonds is 5. The highest BCUT2D eigenvalue weighted by atomic mass is 31.2. The van der Waals surface area contributed by atoms with Gasteiger partial charge in [0.1, 0.15) is 0 Å². The summed E-state index contributed by atoms with van der Waals surface area (Å²) in [6.45, 7) is 2.25. The molecule has 124 valence electrons. The molecule has 1 saturated carbocycles. The molecule has 1 atom stereocenters. The number of aliphatic hydroxyl groups is 1. The molecule has 23 heavy (non-hydrogen) atoms. The molecular weight excluding hydrogens is 307 g/mol. The molecule has 2 aromatic carbocycles. The second kappa shape index (κ2) is 6.76. The summed E-state index contributed by atoms with van der Waals surface area (Å²) in [7, 11) is -3.10. The molecule has 0 saturated heterocycles. The highest BCUT2D eigenvalue weighted by molar-refractivity contribution is 7.67. The Labute approximate surface area is 138 Å². The summed E-state index contributed by atoms with van der Waals surface area (Å²) in [5.41, 5.74) is -0.861. The summed E-state index contributed by atoms with van der Waals surface area (Å²) in [4.78, 5) is 0. The van der Waals surface area contributed by atoms with E-state index in [9.17, 15) is 9.67 Å². The Morgan fingerprint density at radius 1 is 1.09 bits per heavy atom. The van der Waals surface area contributed by atoms with E-state index in [1.54, 1.807) is 0 Å². The van der Waals surface area contributed by atoms with Crippen LogP contribution in [0.15, 0.2) is 42.5 Å². The van der Waals surface area contributed by atoms with Crippen LogP contribution < -0.4 is 5.30 Å². The van der Waals surface area contributed by atoms with Gasteiger partial charge in [-0.3, -0.25) is 4.57 Å². The largest absolute Gasteiger partial charge is 0.389 e. The summed E-state index contributed by atoms with van der Waals surface area (Å²) < 4.78 is 19.5. The number of benzene rings is 2. The molecule has 2 aromatic rings. The Hall–Kier alpha value is -1.15. The van der Waals surface area contributed by atoms with Crippen molar-refractivity contribution < 1.29 is 14.2 Å². The van der Waals surface area contributed by atoms with E-state index in [0.29, 0.717) is 6.61 Å². The molecule has 1 fully saturated rings. The van der Waals surface area contributed by atoms with Crippen LogP contribution in [-0.2, 0) is 9.09 Å². The highest BCUT2D eigenvalue weighted by Gasteiger charge is 2.40. The number of hydrogen-bond donors (Lipinski definition) is 1. The van der Waals surface area contributed by atoms with E-state index in [1.807, 2.05) is 49.4 Å². The first-order valence-electron chi connectivity index (χ1n) is 8.51. The fourth-order valence-electron chi connectivity index (χ4n) is 3.67. The molecule has 0 aliphatic heterocycles. The monoisotopic (exact) mass is 332 g/mol. The second-order valence-corrected chi connectivity index (χ2v) is 8.94. The minimum absolute atomic E-state index is 0.224. The first kappa shape index (κ1) is 16.7. The highest BCUT2D eigenvalue weighted by Crippen LogP contribution is 2.52. The van der Waals surface area contributed by atoms with Gasteiger partial charge >= 0.3 is 0 Å². The predicted molar refractivity (Wildman–Crippen MR) is 95.7 cm³/mol. The van der Waals surface area contributed by atoms with Crippen molar-refractivity contribution in [1.82, 2.24) is 0 Å². The van der Waals surface area contributed by atoms with Gasteiger partial charge in [-0.15, -0.1) is 0 Å². The fraction of sp³-hybridized carbons (Fsp3) is 0.474. The van der Waals surface area contributed by atoms with E-state index < -0.39 is 13.0 Å². The zero-order chi connectivity index (χ0) is 16.3. The molecule has 0 radical (unpaired) electrons. The third-order valence-corrected chi connectivity index (χ3v) is 7.56. The van der Waals surface area contributed by atoms with Gasteiger partial charge in [0.25, 0.3) is 0 Å². The first-order chi connectivity index (χ1) is 11.1. The minimum atomic E-state index is -3.10. The van der Waals surface area contributed by atoms with Gasteiger partial charge in [-0.25, -0.2) is 0 Å². The lowest BCUT2D eigenvalue weighted by Crippen LogP contribution is -2.37. The molecule has 3 nitrogen and oxygen atoms in total. The average Bonchev–Trinajstić information content (AvgIpc) is 2.54. The molecule has 1 unspecified atom stereocenters. The van der Waals surface area contributed by atoms with Crippen molar-refractivity contribution in [3.8, 4) is 0 Å². The van der Waals surface area contributed by atoms with Crippen LogP contribution in [0.25, 0.3) is 10.8 Å². The molecule has 0 bridgehead atoms. The van der Waals surface area contributed by atoms with Crippen LogP contribution in [0.4, 0.5) is 0 Å². The number of hydrogen-bond acceptors (Lipinski definition) is 3. The van der Waals surface area contributed by atoms with Crippen molar-refractivity contribution in [3.63, 3.8) is 0 Å². The van der Waals surface area contributed by atoms with Crippen molar-refractivity contribution in [1.29, 1.82) is 0 Å². The van der Waals surface area contributed by atoms with Gasteiger partial charge in [-0.05, 0) is 36.6 Å². The van der Waals surface area contributed by atoms with Crippen LogP contribution in [0.1, 0.15) is 39.0 Å². The summed E-state index contributed by atoms with van der Waals surface area (Å²) in [5, 5.41) is 13.7. The van der Waals surface area contributed by atoms with Crippen LogP contribution in [-0.4, -0.2) is 23.5 Å². The van der Waals surface area contributed by atoms with Gasteiger partial charge in [-0.1, -0.05) is 55.7 Å². The maximum atomic E-state index is 13.7. The van der Waals surface area contributed by atoms with Crippen molar-refractivity contribution in [2.45, 2.75) is 44.6 Å². The normalized spacial score (nSPS) is 20.3. The molecular formula is C19H25O3P. The van der Waals surface area contributed by atoms with Crippen molar-refractivity contribution in [3.05, 3.63) is 42.5 Å². The lowest BCUT2D eigenvalue weighted by atomic mass is 9.86. The minimum Gasteiger partial charge on any atom is -0.389 e. The Balaban J connectivity index is 2.04. The summed E-state index contributed by atoms with van der Waals surface area (Å²) >= 11 is 0. The molecule has 1 N–H and O–H groups in total. The topological polar surface area (TPSA) is 46.5 Å². The quantitative estimate of drug-likeness (QED) is 0.822. The molecule has 0 amide bonds. The molecule has 0 heterocycles. The average molecular weight is 332 g/mol. The van der Waals surface area contributed by atoms with Crippen LogP contribution in [0, 0.1) is 0 Å². The fourth-order valence-corrected chi connectivity index (χ4v) is 6.46. The van der Waals surface area contributed by atoms with E-state index in [-0.39, 0.29) is 6.16 Å². The van der Waals surface area contributed by atoms with Crippen molar-refractivity contribution in [2.24, 2.45) is 0 Å².